The predicted molar refractivity (Wildman–Crippen MR) is 83.3 cm³/mol. The summed E-state index contributed by atoms with van der Waals surface area (Å²) in [4.78, 5) is 36.9. The maximum absolute atomic E-state index is 11.8. The van der Waals surface area contributed by atoms with Gasteiger partial charge < -0.3 is 9.47 Å². The maximum atomic E-state index is 11.8. The van der Waals surface area contributed by atoms with Gasteiger partial charge in [-0.15, -0.1) is 0 Å². The number of rotatable bonds is 3. The Bertz CT molecular complexity index is 809. The molecule has 21 heavy (non-hydrogen) atoms. The van der Waals surface area contributed by atoms with E-state index in [4.69, 9.17) is 9.47 Å². The average Bonchev–Trinajstić information content (AvgIpc) is 2.45. The summed E-state index contributed by atoms with van der Waals surface area (Å²) in [5.41, 5.74) is -0.478. The summed E-state index contributed by atoms with van der Waals surface area (Å²) in [6, 6.07) is 4.34. The Hall–Kier alpha value is -2.10. The largest absolute Gasteiger partial charge is 0.495 e. The van der Waals surface area contributed by atoms with Crippen LogP contribution in [0.1, 0.15) is 10.4 Å². The Morgan fingerprint density at radius 1 is 1.29 bits per heavy atom. The molecule has 0 fully saturated rings. The van der Waals surface area contributed by atoms with Gasteiger partial charge in [0, 0.05) is 12.3 Å². The van der Waals surface area contributed by atoms with Crippen LogP contribution in [0, 0.1) is 3.57 Å². The Balaban J connectivity index is 2.71. The van der Waals surface area contributed by atoms with Gasteiger partial charge in [0.05, 0.1) is 23.5 Å². The lowest BCUT2D eigenvalue weighted by Crippen LogP contribution is -2.27. The van der Waals surface area contributed by atoms with Crippen LogP contribution in [-0.4, -0.2) is 29.7 Å². The van der Waals surface area contributed by atoms with Gasteiger partial charge in [-0.05, 0) is 34.7 Å². The van der Waals surface area contributed by atoms with Crippen LogP contribution >= 0.6 is 22.6 Å². The number of ether oxygens (including phenoxy) is 2. The molecule has 1 N–H and O–H groups in total. The summed E-state index contributed by atoms with van der Waals surface area (Å²) < 4.78 is 11.7. The van der Waals surface area contributed by atoms with Gasteiger partial charge in [0.25, 0.3) is 5.56 Å². The van der Waals surface area contributed by atoms with Crippen LogP contribution in [0.25, 0.3) is 5.69 Å². The van der Waals surface area contributed by atoms with Gasteiger partial charge in [0.2, 0.25) is 0 Å². The lowest BCUT2D eigenvalue weighted by molar-refractivity contribution is 0.0597. The Kier molecular flexibility index (Phi) is 4.46. The van der Waals surface area contributed by atoms with Crippen molar-refractivity contribution < 1.29 is 14.3 Å². The molecule has 8 heteroatoms. The third-order valence-electron chi connectivity index (χ3n) is 2.74. The summed E-state index contributed by atoms with van der Waals surface area (Å²) >= 11 is 1.99. The molecule has 0 bridgehead atoms. The van der Waals surface area contributed by atoms with Crippen LogP contribution in [0.3, 0.4) is 0 Å². The molecule has 1 aromatic carbocycles. The molecular formula is C13H11IN2O5. The maximum Gasteiger partial charge on any atom is 0.341 e. The van der Waals surface area contributed by atoms with Crippen LogP contribution in [0.2, 0.25) is 0 Å². The molecule has 110 valence electrons. The highest BCUT2D eigenvalue weighted by molar-refractivity contribution is 14.1. The van der Waals surface area contributed by atoms with Crippen molar-refractivity contribution in [3.8, 4) is 11.4 Å². The zero-order valence-electron chi connectivity index (χ0n) is 11.2. The highest BCUT2D eigenvalue weighted by atomic mass is 127. The number of hydrogen-bond donors (Lipinski definition) is 1. The molecule has 0 saturated carbocycles. The zero-order chi connectivity index (χ0) is 15.6. The van der Waals surface area contributed by atoms with Crippen molar-refractivity contribution in [2.75, 3.05) is 14.2 Å². The summed E-state index contributed by atoms with van der Waals surface area (Å²) in [6.07, 6.45) is 1.33. The molecule has 7 nitrogen and oxygen atoms in total. The summed E-state index contributed by atoms with van der Waals surface area (Å²) in [6.45, 7) is 0. The lowest BCUT2D eigenvalue weighted by atomic mass is 10.1. The fourth-order valence-corrected chi connectivity index (χ4v) is 2.64. The molecule has 0 aliphatic heterocycles. The smallest absolute Gasteiger partial charge is 0.341 e. The number of esters is 1. The van der Waals surface area contributed by atoms with Gasteiger partial charge in [0.1, 0.15) is 11.3 Å². The monoisotopic (exact) mass is 402 g/mol. The molecule has 1 heterocycles. The number of nitrogens with zero attached hydrogens (tertiary/aromatic N) is 1. The normalized spacial score (nSPS) is 10.2. The van der Waals surface area contributed by atoms with E-state index in [9.17, 15) is 14.4 Å². The average molecular weight is 402 g/mol. The number of aromatic amines is 1. The second-order valence-electron chi connectivity index (χ2n) is 3.98. The molecule has 0 spiro atoms. The summed E-state index contributed by atoms with van der Waals surface area (Å²) in [5, 5.41) is 0. The second-order valence-corrected chi connectivity index (χ2v) is 5.14. The molecule has 2 rings (SSSR count). The van der Waals surface area contributed by atoms with E-state index < -0.39 is 17.2 Å². The number of benzene rings is 1. The Morgan fingerprint density at radius 2 is 2.00 bits per heavy atom. The molecule has 0 aliphatic carbocycles. The van der Waals surface area contributed by atoms with E-state index in [1.165, 1.54) is 37.1 Å². The number of hydrogen-bond acceptors (Lipinski definition) is 5. The SMILES string of the molecule is COC(=O)c1cc(-n2ccc(=O)[nH]c2=O)cc(I)c1OC. The molecule has 2 aromatic rings. The lowest BCUT2D eigenvalue weighted by Gasteiger charge is -2.12. The second kappa shape index (κ2) is 6.12. The summed E-state index contributed by atoms with van der Waals surface area (Å²) in [7, 11) is 2.70. The van der Waals surface area contributed by atoms with Crippen LogP contribution < -0.4 is 16.0 Å². The molecule has 0 aliphatic rings. The predicted octanol–water partition coefficient (Wildman–Crippen LogP) is 0.926. The number of nitrogens with one attached hydrogen (secondary N) is 1. The van der Waals surface area contributed by atoms with E-state index in [2.05, 4.69) is 4.98 Å². The summed E-state index contributed by atoms with van der Waals surface area (Å²) in [5.74, 6) is -0.215. The first-order valence-electron chi connectivity index (χ1n) is 5.76. The van der Waals surface area contributed by atoms with Crippen molar-refractivity contribution >= 4 is 28.6 Å². The number of carbonyl (C=O) groups is 1. The minimum atomic E-state index is -0.598. The fraction of sp³-hybridized carbons (Fsp3) is 0.154. The molecule has 0 saturated heterocycles. The van der Waals surface area contributed by atoms with Crippen LogP contribution in [0.15, 0.2) is 34.0 Å². The quantitative estimate of drug-likeness (QED) is 0.610. The van der Waals surface area contributed by atoms with Crippen molar-refractivity contribution in [2.45, 2.75) is 0 Å². The van der Waals surface area contributed by atoms with Crippen LogP contribution in [-0.2, 0) is 4.74 Å². The van der Waals surface area contributed by atoms with Gasteiger partial charge in [-0.3, -0.25) is 14.3 Å². The first-order valence-corrected chi connectivity index (χ1v) is 6.84. The molecular weight excluding hydrogens is 391 g/mol. The minimum absolute atomic E-state index is 0.194. The number of halogens is 1. The van der Waals surface area contributed by atoms with Gasteiger partial charge in [-0.25, -0.2) is 9.59 Å². The zero-order valence-corrected chi connectivity index (χ0v) is 13.3. The first-order chi connectivity index (χ1) is 9.97. The van der Waals surface area contributed by atoms with E-state index in [1.807, 2.05) is 22.6 Å². The van der Waals surface area contributed by atoms with Crippen molar-refractivity contribution in [3.05, 3.63) is 54.4 Å². The van der Waals surface area contributed by atoms with Crippen molar-refractivity contribution in [1.82, 2.24) is 9.55 Å². The van der Waals surface area contributed by atoms with Gasteiger partial charge >= 0.3 is 11.7 Å². The molecule has 0 amide bonds. The van der Waals surface area contributed by atoms with E-state index in [0.717, 1.165) is 0 Å². The minimum Gasteiger partial charge on any atom is -0.495 e. The molecule has 1 aromatic heterocycles. The van der Waals surface area contributed by atoms with Crippen LogP contribution in [0.5, 0.6) is 5.75 Å². The van der Waals surface area contributed by atoms with Crippen molar-refractivity contribution in [1.29, 1.82) is 0 Å². The Labute approximate surface area is 132 Å². The van der Waals surface area contributed by atoms with Gasteiger partial charge in [-0.1, -0.05) is 0 Å². The Morgan fingerprint density at radius 3 is 2.57 bits per heavy atom. The molecule has 0 atom stereocenters. The van der Waals surface area contributed by atoms with Crippen molar-refractivity contribution in [2.24, 2.45) is 0 Å². The topological polar surface area (TPSA) is 90.4 Å². The molecule has 0 unspecified atom stereocenters. The molecule has 0 radical (unpaired) electrons. The van der Waals surface area contributed by atoms with E-state index in [1.54, 1.807) is 6.07 Å². The van der Waals surface area contributed by atoms with E-state index in [-0.39, 0.29) is 5.56 Å². The highest BCUT2D eigenvalue weighted by Crippen LogP contribution is 2.29. The number of carbonyl (C=O) groups excluding carboxylic acids is 1. The standard InChI is InChI=1S/C13H11IN2O5/c1-20-11-8(12(18)21-2)5-7(6-9(11)14)16-4-3-10(17)15-13(16)19/h3-6H,1-2H3,(H,15,17,19). The van der Waals surface area contributed by atoms with Crippen molar-refractivity contribution in [3.63, 3.8) is 0 Å². The third kappa shape index (κ3) is 2.99. The first kappa shape index (κ1) is 15.3. The number of methoxy groups -OCH3 is 2. The van der Waals surface area contributed by atoms with E-state index in [0.29, 0.717) is 15.0 Å². The van der Waals surface area contributed by atoms with Crippen LogP contribution in [0.4, 0.5) is 0 Å². The third-order valence-corrected chi connectivity index (χ3v) is 3.54. The van der Waals surface area contributed by atoms with Gasteiger partial charge in [0.15, 0.2) is 0 Å². The number of H-pyrrole nitrogens is 1. The number of aromatic nitrogens is 2. The van der Waals surface area contributed by atoms with Gasteiger partial charge in [-0.2, -0.15) is 0 Å². The highest BCUT2D eigenvalue weighted by Gasteiger charge is 2.18. The fourth-order valence-electron chi connectivity index (χ4n) is 1.81. The van der Waals surface area contributed by atoms with E-state index >= 15 is 0 Å².